The van der Waals surface area contributed by atoms with Gasteiger partial charge in [-0.2, -0.15) is 0 Å². The summed E-state index contributed by atoms with van der Waals surface area (Å²) in [6, 6.07) is 16.8. The van der Waals surface area contributed by atoms with Crippen molar-refractivity contribution in [2.24, 2.45) is 5.92 Å². The lowest BCUT2D eigenvalue weighted by Crippen LogP contribution is -2.47. The van der Waals surface area contributed by atoms with Crippen molar-refractivity contribution >= 4 is 13.9 Å². The highest BCUT2D eigenvalue weighted by Gasteiger charge is 2.39. The lowest BCUT2D eigenvalue weighted by Gasteiger charge is -2.46. The number of piperidine rings is 3. The Balaban J connectivity index is 0.000000385. The third kappa shape index (κ3) is 5.31. The van der Waals surface area contributed by atoms with Crippen LogP contribution in [0.25, 0.3) is 0 Å². The molecule has 2 aromatic rings. The van der Waals surface area contributed by atoms with E-state index in [1.807, 2.05) is 6.07 Å². The normalized spacial score (nSPS) is 26.2. The fraction of sp³-hybridized carbons (Fsp3) is 0.458. The van der Waals surface area contributed by atoms with E-state index in [4.69, 9.17) is 9.79 Å². The Hall–Kier alpha value is -2.22. The highest BCUT2D eigenvalue weighted by Crippen LogP contribution is 2.44. The van der Waals surface area contributed by atoms with Crippen molar-refractivity contribution in [3.05, 3.63) is 70.8 Å². The largest absolute Gasteiger partial charge is 0.469 e. The molecule has 4 heterocycles. The summed E-state index contributed by atoms with van der Waals surface area (Å²) in [4.78, 5) is 31.7. The van der Waals surface area contributed by atoms with Crippen LogP contribution in [0, 0.1) is 5.92 Å². The van der Waals surface area contributed by atoms with E-state index in [2.05, 4.69) is 51.9 Å². The molecule has 0 radical (unpaired) electrons. The number of fused-ring (bicyclic) bond motifs is 4. The van der Waals surface area contributed by atoms with Crippen molar-refractivity contribution in [1.82, 2.24) is 9.80 Å². The minimum absolute atomic E-state index is 0.195. The third-order valence-electron chi connectivity index (χ3n) is 7.11. The Labute approximate surface area is 194 Å². The molecule has 1 unspecified atom stereocenters. The minimum Gasteiger partial charge on any atom is -0.465 e. The zero-order chi connectivity index (χ0) is 23.6. The minimum atomic E-state index is -4.15. The number of nitrogens with zero attached hydrogens (tertiary/aromatic N) is 2. The standard InChI is InChI=1S/C23H26N2O2.CH5O4P/c26-23(27)25-14-11-16-5-1-2-6-18(16)22(25)20-8-4-3-7-19(20)21-15-24-12-9-17(21)10-13-24;1-5-6(2,3)4/h1-8,17,21-22H,9-15H2,(H,26,27);1H3,(H2,2,3,4)/t21?,22-;/m1./s1. The van der Waals surface area contributed by atoms with Gasteiger partial charge >= 0.3 is 13.9 Å². The number of hydrogen-bond donors (Lipinski definition) is 3. The molecule has 2 atom stereocenters. The number of rotatable bonds is 3. The van der Waals surface area contributed by atoms with Gasteiger partial charge in [0.25, 0.3) is 0 Å². The Bertz CT molecular complexity index is 1030. The van der Waals surface area contributed by atoms with Gasteiger partial charge in [-0.25, -0.2) is 9.36 Å². The average molecular weight is 474 g/mol. The number of benzene rings is 2. The van der Waals surface area contributed by atoms with Crippen molar-refractivity contribution in [3.8, 4) is 0 Å². The van der Waals surface area contributed by atoms with Crippen LogP contribution in [-0.4, -0.2) is 64.1 Å². The zero-order valence-electron chi connectivity index (χ0n) is 18.7. The smallest absolute Gasteiger partial charge is 0.465 e. The predicted octanol–water partition coefficient (Wildman–Crippen LogP) is 3.85. The van der Waals surface area contributed by atoms with Gasteiger partial charge in [0.15, 0.2) is 0 Å². The van der Waals surface area contributed by atoms with E-state index in [9.17, 15) is 14.5 Å². The molecule has 33 heavy (non-hydrogen) atoms. The summed E-state index contributed by atoms with van der Waals surface area (Å²) < 4.78 is 13.1. The van der Waals surface area contributed by atoms with Crippen molar-refractivity contribution in [2.75, 3.05) is 33.3 Å². The van der Waals surface area contributed by atoms with Crippen molar-refractivity contribution < 1.29 is 28.8 Å². The van der Waals surface area contributed by atoms with Crippen molar-refractivity contribution in [3.63, 3.8) is 0 Å². The second-order valence-electron chi connectivity index (χ2n) is 8.87. The molecular formula is C24H31N2O6P. The molecule has 1 amide bonds. The Kier molecular flexibility index (Phi) is 7.22. The van der Waals surface area contributed by atoms with E-state index in [1.165, 1.54) is 42.6 Å². The molecule has 0 aliphatic carbocycles. The van der Waals surface area contributed by atoms with Gasteiger partial charge in [-0.1, -0.05) is 48.5 Å². The van der Waals surface area contributed by atoms with Crippen LogP contribution in [0.4, 0.5) is 4.79 Å². The first-order valence-corrected chi connectivity index (χ1v) is 12.8. The van der Waals surface area contributed by atoms with Crippen LogP contribution in [0.3, 0.4) is 0 Å². The van der Waals surface area contributed by atoms with Crippen LogP contribution in [-0.2, 0) is 15.5 Å². The quantitative estimate of drug-likeness (QED) is 0.580. The third-order valence-corrected chi connectivity index (χ3v) is 7.59. The molecule has 3 fully saturated rings. The van der Waals surface area contributed by atoms with Gasteiger partial charge in [0.1, 0.15) is 0 Å². The zero-order valence-corrected chi connectivity index (χ0v) is 19.6. The van der Waals surface area contributed by atoms with Gasteiger partial charge in [-0.15, -0.1) is 0 Å². The molecule has 6 rings (SSSR count). The molecule has 3 N–H and O–H groups in total. The Morgan fingerprint density at radius 1 is 0.970 bits per heavy atom. The molecule has 0 aromatic heterocycles. The summed E-state index contributed by atoms with van der Waals surface area (Å²) in [6.07, 6.45) is 2.51. The Morgan fingerprint density at radius 3 is 2.09 bits per heavy atom. The lowest BCUT2D eigenvalue weighted by atomic mass is 9.72. The van der Waals surface area contributed by atoms with Crippen LogP contribution in [0.15, 0.2) is 48.5 Å². The van der Waals surface area contributed by atoms with Crippen molar-refractivity contribution in [1.29, 1.82) is 0 Å². The highest BCUT2D eigenvalue weighted by atomic mass is 31.2. The van der Waals surface area contributed by atoms with Crippen molar-refractivity contribution in [2.45, 2.75) is 31.2 Å². The molecule has 178 valence electrons. The maximum absolute atomic E-state index is 12.1. The maximum atomic E-state index is 12.1. The maximum Gasteiger partial charge on any atom is 0.469 e. The first kappa shape index (κ1) is 23.9. The van der Waals surface area contributed by atoms with Gasteiger partial charge in [-0.3, -0.25) is 9.42 Å². The summed E-state index contributed by atoms with van der Waals surface area (Å²) in [5.41, 5.74) is 4.98. The molecule has 3 saturated heterocycles. The fourth-order valence-electron chi connectivity index (χ4n) is 5.52. The monoisotopic (exact) mass is 474 g/mol. The molecule has 9 heteroatoms. The predicted molar refractivity (Wildman–Crippen MR) is 124 cm³/mol. The van der Waals surface area contributed by atoms with Crippen LogP contribution < -0.4 is 0 Å². The van der Waals surface area contributed by atoms with Gasteiger partial charge in [0.05, 0.1) is 6.04 Å². The molecule has 2 bridgehead atoms. The van der Waals surface area contributed by atoms with Crippen LogP contribution in [0.5, 0.6) is 0 Å². The second-order valence-corrected chi connectivity index (χ2v) is 10.2. The van der Waals surface area contributed by atoms with E-state index in [-0.39, 0.29) is 6.04 Å². The first-order chi connectivity index (χ1) is 15.8. The summed E-state index contributed by atoms with van der Waals surface area (Å²) in [5, 5.41) is 9.92. The summed E-state index contributed by atoms with van der Waals surface area (Å²) in [7, 11) is -3.20. The van der Waals surface area contributed by atoms with E-state index in [0.717, 1.165) is 31.6 Å². The molecule has 2 aromatic carbocycles. The highest BCUT2D eigenvalue weighted by molar-refractivity contribution is 7.46. The fourth-order valence-corrected chi connectivity index (χ4v) is 5.52. The summed E-state index contributed by atoms with van der Waals surface area (Å²) in [5.74, 6) is 1.25. The van der Waals surface area contributed by atoms with Gasteiger partial charge in [0, 0.05) is 20.2 Å². The number of phosphoric ester groups is 1. The number of amides is 1. The van der Waals surface area contributed by atoms with Crippen LogP contribution in [0.1, 0.15) is 47.1 Å². The molecule has 0 saturated carbocycles. The Morgan fingerprint density at radius 2 is 1.55 bits per heavy atom. The number of carboxylic acid groups (broad SMARTS) is 1. The van der Waals surface area contributed by atoms with E-state index in [1.54, 1.807) is 4.90 Å². The van der Waals surface area contributed by atoms with Gasteiger partial charge in [0.2, 0.25) is 0 Å². The molecule has 0 spiro atoms. The lowest BCUT2D eigenvalue weighted by molar-refractivity contribution is 0.0857. The number of carbonyl (C=O) groups is 1. The topological polar surface area (TPSA) is 111 Å². The average Bonchev–Trinajstić information content (AvgIpc) is 2.84. The first-order valence-electron chi connectivity index (χ1n) is 11.3. The molecule has 4 aliphatic rings. The number of phosphoric acid groups is 1. The van der Waals surface area contributed by atoms with Gasteiger partial charge in [-0.05, 0) is 66.4 Å². The molecule has 4 aliphatic heterocycles. The van der Waals surface area contributed by atoms with E-state index < -0.39 is 13.9 Å². The molecular weight excluding hydrogens is 443 g/mol. The van der Waals surface area contributed by atoms with Crippen LogP contribution >= 0.6 is 7.82 Å². The second kappa shape index (κ2) is 9.95. The SMILES string of the molecule is COP(=O)(O)O.O=C(O)N1CCc2ccccc2[C@@H]1c1ccccc1C1CN2CCC1CC2. The van der Waals surface area contributed by atoms with E-state index in [0.29, 0.717) is 12.5 Å². The number of hydrogen-bond acceptors (Lipinski definition) is 4. The summed E-state index contributed by atoms with van der Waals surface area (Å²) >= 11 is 0. The van der Waals surface area contributed by atoms with Crippen LogP contribution in [0.2, 0.25) is 0 Å². The summed E-state index contributed by atoms with van der Waals surface area (Å²) in [6.45, 7) is 4.11. The van der Waals surface area contributed by atoms with Gasteiger partial charge < -0.3 is 19.8 Å². The molecule has 8 nitrogen and oxygen atoms in total. The van der Waals surface area contributed by atoms with E-state index >= 15 is 0 Å².